The van der Waals surface area contributed by atoms with E-state index in [2.05, 4.69) is 10.3 Å². The van der Waals surface area contributed by atoms with Crippen LogP contribution in [0.25, 0.3) is 0 Å². The molecule has 1 aromatic rings. The van der Waals surface area contributed by atoms with E-state index in [1.165, 1.54) is 6.20 Å². The van der Waals surface area contributed by atoms with Crippen molar-refractivity contribution >= 4 is 18.1 Å². The molecule has 0 fully saturated rings. The molecule has 1 heterocycles. The van der Waals surface area contributed by atoms with Crippen molar-refractivity contribution in [2.45, 2.75) is 53.0 Å². The first kappa shape index (κ1) is 21.8. The number of hydrogen-bond acceptors (Lipinski definition) is 5. The number of carbonyl (C=O) groups excluding carboxylic acids is 3. The van der Waals surface area contributed by atoms with Gasteiger partial charge in [0.05, 0.1) is 18.2 Å². The van der Waals surface area contributed by atoms with Gasteiger partial charge in [-0.1, -0.05) is 33.6 Å². The van der Waals surface area contributed by atoms with Crippen LogP contribution in [0.2, 0.25) is 0 Å². The monoisotopic (exact) mass is 363 g/mol. The number of Topliss-reactive ketones (excluding diaryl/α,β-unsaturated/α-hetero) is 1. The molecule has 0 aliphatic carbocycles. The Labute approximate surface area is 154 Å². The van der Waals surface area contributed by atoms with E-state index in [-0.39, 0.29) is 30.6 Å². The van der Waals surface area contributed by atoms with Crippen molar-refractivity contribution < 1.29 is 19.6 Å². The summed E-state index contributed by atoms with van der Waals surface area (Å²) < 4.78 is 0. The summed E-state index contributed by atoms with van der Waals surface area (Å²) in [6.07, 6.45) is 5.60. The number of hydroxylamine groups is 2. The van der Waals surface area contributed by atoms with Crippen molar-refractivity contribution in [1.82, 2.24) is 15.4 Å². The maximum Gasteiger partial charge on any atom is 0.253 e. The number of carbonyl (C=O) groups is 3. The van der Waals surface area contributed by atoms with Crippen LogP contribution >= 0.6 is 0 Å². The first-order valence-corrected chi connectivity index (χ1v) is 8.97. The van der Waals surface area contributed by atoms with Gasteiger partial charge in [-0.05, 0) is 30.9 Å². The van der Waals surface area contributed by atoms with Crippen LogP contribution in [-0.4, -0.2) is 45.9 Å². The van der Waals surface area contributed by atoms with Crippen molar-refractivity contribution in [1.29, 1.82) is 0 Å². The van der Waals surface area contributed by atoms with E-state index in [0.29, 0.717) is 17.0 Å². The fourth-order valence-electron chi connectivity index (χ4n) is 2.78. The Morgan fingerprint density at radius 2 is 2.08 bits per heavy atom. The van der Waals surface area contributed by atoms with Gasteiger partial charge in [0.25, 0.3) is 5.91 Å². The quantitative estimate of drug-likeness (QED) is 0.357. The van der Waals surface area contributed by atoms with Crippen molar-refractivity contribution in [3.63, 3.8) is 0 Å². The lowest BCUT2D eigenvalue weighted by Crippen LogP contribution is -2.48. The van der Waals surface area contributed by atoms with Gasteiger partial charge in [-0.15, -0.1) is 0 Å². The predicted molar refractivity (Wildman–Crippen MR) is 97.6 cm³/mol. The van der Waals surface area contributed by atoms with Gasteiger partial charge in [0.15, 0.2) is 5.78 Å². The smallest absolute Gasteiger partial charge is 0.253 e. The average Bonchev–Trinajstić information content (AvgIpc) is 2.62. The summed E-state index contributed by atoms with van der Waals surface area (Å²) in [6.45, 7) is 7.44. The highest BCUT2D eigenvalue weighted by molar-refractivity contribution is 5.99. The lowest BCUT2D eigenvalue weighted by atomic mass is 9.87. The Hall–Kier alpha value is -2.28. The van der Waals surface area contributed by atoms with Crippen LogP contribution in [0.1, 0.15) is 56.0 Å². The first-order chi connectivity index (χ1) is 12.3. The van der Waals surface area contributed by atoms with Crippen LogP contribution in [0, 0.1) is 18.8 Å². The number of hydrogen-bond donors (Lipinski definition) is 2. The van der Waals surface area contributed by atoms with E-state index in [4.69, 9.17) is 0 Å². The number of aromatic nitrogens is 1. The third kappa shape index (κ3) is 6.22. The molecule has 7 heteroatoms. The van der Waals surface area contributed by atoms with E-state index < -0.39 is 12.0 Å². The SMILES string of the molecule is CCCC[C@H](CN(O)C=O)C(=O)[C@@H](NC(=O)c1cnccc1C)C(C)C. The van der Waals surface area contributed by atoms with Crippen molar-refractivity contribution in [2.75, 3.05) is 6.54 Å². The number of amides is 2. The summed E-state index contributed by atoms with van der Waals surface area (Å²) in [5, 5.41) is 12.8. The maximum absolute atomic E-state index is 13.0. The minimum atomic E-state index is -0.705. The predicted octanol–water partition coefficient (Wildman–Crippen LogP) is 2.37. The Morgan fingerprint density at radius 3 is 2.62 bits per heavy atom. The number of aryl methyl sites for hydroxylation is 1. The zero-order valence-electron chi connectivity index (χ0n) is 15.9. The highest BCUT2D eigenvalue weighted by Gasteiger charge is 2.31. The van der Waals surface area contributed by atoms with Gasteiger partial charge in [-0.2, -0.15) is 0 Å². The highest BCUT2D eigenvalue weighted by Crippen LogP contribution is 2.17. The Kier molecular flexibility index (Phi) is 8.92. The van der Waals surface area contributed by atoms with Gasteiger partial charge in [0, 0.05) is 18.3 Å². The molecule has 2 atom stereocenters. The zero-order chi connectivity index (χ0) is 19.7. The number of nitrogens with zero attached hydrogens (tertiary/aromatic N) is 2. The first-order valence-electron chi connectivity index (χ1n) is 8.97. The molecule has 0 saturated carbocycles. The summed E-state index contributed by atoms with van der Waals surface area (Å²) in [5.74, 6) is -1.19. The molecule has 0 saturated heterocycles. The number of pyridine rings is 1. The number of ketones is 1. The van der Waals surface area contributed by atoms with E-state index in [1.807, 2.05) is 20.8 Å². The van der Waals surface area contributed by atoms with Crippen molar-refractivity contribution in [2.24, 2.45) is 11.8 Å². The minimum absolute atomic E-state index is 0.0760. The normalized spacial score (nSPS) is 13.2. The molecule has 2 N–H and O–H groups in total. The molecule has 144 valence electrons. The molecule has 0 aliphatic rings. The zero-order valence-corrected chi connectivity index (χ0v) is 15.9. The number of nitrogens with one attached hydrogen (secondary N) is 1. The standard InChI is InChI=1S/C19H29N3O4/c1-5-6-7-15(11-22(26)12-23)18(24)17(13(2)3)21-19(25)16-10-20-9-8-14(16)4/h8-10,12-13,15,17,26H,5-7,11H2,1-4H3,(H,21,25)/t15-,17+/m1/s1. The van der Waals surface area contributed by atoms with Gasteiger partial charge in [0.2, 0.25) is 6.41 Å². The third-order valence-electron chi connectivity index (χ3n) is 4.38. The fourth-order valence-corrected chi connectivity index (χ4v) is 2.78. The van der Waals surface area contributed by atoms with Crippen LogP contribution in [0.4, 0.5) is 0 Å². The lowest BCUT2D eigenvalue weighted by molar-refractivity contribution is -0.154. The molecule has 0 unspecified atom stereocenters. The molecule has 0 radical (unpaired) electrons. The highest BCUT2D eigenvalue weighted by atomic mass is 16.5. The largest absolute Gasteiger partial charge is 0.342 e. The fraction of sp³-hybridized carbons (Fsp3) is 0.579. The molecular formula is C19H29N3O4. The Morgan fingerprint density at radius 1 is 1.38 bits per heavy atom. The minimum Gasteiger partial charge on any atom is -0.342 e. The molecule has 1 aromatic heterocycles. The summed E-state index contributed by atoms with van der Waals surface area (Å²) in [6, 6.07) is 1.03. The maximum atomic E-state index is 13.0. The van der Waals surface area contributed by atoms with Gasteiger partial charge >= 0.3 is 0 Å². The Balaban J connectivity index is 2.97. The molecule has 0 aliphatic heterocycles. The van der Waals surface area contributed by atoms with E-state index in [1.54, 1.807) is 19.2 Å². The van der Waals surface area contributed by atoms with Gasteiger partial charge in [-0.3, -0.25) is 24.6 Å². The molecule has 26 heavy (non-hydrogen) atoms. The van der Waals surface area contributed by atoms with Gasteiger partial charge in [0.1, 0.15) is 0 Å². The van der Waals surface area contributed by atoms with E-state index >= 15 is 0 Å². The summed E-state index contributed by atoms with van der Waals surface area (Å²) in [7, 11) is 0. The average molecular weight is 363 g/mol. The molecule has 2 amide bonds. The topological polar surface area (TPSA) is 99.6 Å². The van der Waals surface area contributed by atoms with E-state index in [0.717, 1.165) is 18.4 Å². The molecule has 1 rings (SSSR count). The molecule has 0 aromatic carbocycles. The van der Waals surface area contributed by atoms with Gasteiger partial charge < -0.3 is 5.32 Å². The van der Waals surface area contributed by atoms with Crippen LogP contribution in [0.3, 0.4) is 0 Å². The lowest BCUT2D eigenvalue weighted by Gasteiger charge is -2.27. The molecular weight excluding hydrogens is 334 g/mol. The van der Waals surface area contributed by atoms with Crippen molar-refractivity contribution in [3.05, 3.63) is 29.6 Å². The Bertz CT molecular complexity index is 619. The van der Waals surface area contributed by atoms with Crippen molar-refractivity contribution in [3.8, 4) is 0 Å². The van der Waals surface area contributed by atoms with E-state index in [9.17, 15) is 19.6 Å². The summed E-state index contributed by atoms with van der Waals surface area (Å²) in [4.78, 5) is 40.3. The second-order valence-electron chi connectivity index (χ2n) is 6.85. The third-order valence-corrected chi connectivity index (χ3v) is 4.38. The number of unbranched alkanes of at least 4 members (excludes halogenated alkanes) is 1. The molecule has 7 nitrogen and oxygen atoms in total. The summed E-state index contributed by atoms with van der Waals surface area (Å²) in [5.41, 5.74) is 1.20. The van der Waals surface area contributed by atoms with Gasteiger partial charge in [-0.25, -0.2) is 5.06 Å². The van der Waals surface area contributed by atoms with Crippen LogP contribution in [0.5, 0.6) is 0 Å². The second-order valence-corrected chi connectivity index (χ2v) is 6.85. The van der Waals surface area contributed by atoms with Crippen LogP contribution in [-0.2, 0) is 9.59 Å². The number of rotatable bonds is 11. The summed E-state index contributed by atoms with van der Waals surface area (Å²) >= 11 is 0. The molecule has 0 bridgehead atoms. The van der Waals surface area contributed by atoms with Crippen LogP contribution in [0.15, 0.2) is 18.5 Å². The molecule has 0 spiro atoms. The van der Waals surface area contributed by atoms with Crippen LogP contribution < -0.4 is 5.32 Å². The second kappa shape index (κ2) is 10.7.